The molecule has 0 saturated heterocycles. The van der Waals surface area contributed by atoms with Crippen LogP contribution in [-0.4, -0.2) is 49.8 Å². The van der Waals surface area contributed by atoms with Gasteiger partial charge in [0.1, 0.15) is 0 Å². The fourth-order valence-electron chi connectivity index (χ4n) is 6.77. The minimum Gasteiger partial charge on any atom is -0.415 e. The summed E-state index contributed by atoms with van der Waals surface area (Å²) in [5.74, 6) is 0. The molecular weight excluding hydrogens is 473 g/mol. The molecule has 3 nitrogen and oxygen atoms in total. The average molecular weight is 535 g/mol. The van der Waals surface area contributed by atoms with E-state index < -0.39 is 33.7 Å². The molecule has 2 atom stereocenters. The molecule has 0 aliphatic heterocycles. The van der Waals surface area contributed by atoms with Crippen LogP contribution in [0.4, 0.5) is 0 Å². The highest BCUT2D eigenvalue weighted by Crippen LogP contribution is 2.48. The van der Waals surface area contributed by atoms with E-state index in [0.29, 0.717) is 5.54 Å². The van der Waals surface area contributed by atoms with Gasteiger partial charge in [0.25, 0.3) is 0 Å². The first-order chi connectivity index (χ1) is 14.8. The largest absolute Gasteiger partial charge is 0.415 e. The van der Waals surface area contributed by atoms with Crippen LogP contribution in [-0.2, 0) is 13.3 Å². The Labute approximate surface area is 214 Å². The van der Waals surface area contributed by atoms with Gasteiger partial charge in [-0.25, -0.2) is 0 Å². The lowest BCUT2D eigenvalue weighted by Crippen LogP contribution is -2.65. The normalized spacial score (nSPS) is 17.4. The van der Waals surface area contributed by atoms with Crippen LogP contribution in [0, 0.1) is 0 Å². The smallest absolute Gasteiger partial charge is 0.217 e. The second-order valence-corrected chi connectivity index (χ2v) is 28.8. The van der Waals surface area contributed by atoms with Gasteiger partial charge in [0.15, 0.2) is 17.4 Å². The van der Waals surface area contributed by atoms with Crippen LogP contribution in [0.3, 0.4) is 0 Å². The van der Waals surface area contributed by atoms with E-state index in [1.165, 1.54) is 0 Å². The van der Waals surface area contributed by atoms with Gasteiger partial charge in [-0.05, 0) is 78.3 Å². The van der Waals surface area contributed by atoms with Crippen molar-refractivity contribution in [2.75, 3.05) is 0 Å². The Morgan fingerprint density at radius 2 is 1.09 bits per heavy atom. The maximum Gasteiger partial charge on any atom is 0.217 e. The summed E-state index contributed by atoms with van der Waals surface area (Å²) in [7, 11) is -6.97. The van der Waals surface area contributed by atoms with Gasteiger partial charge in [-0.2, -0.15) is 0 Å². The van der Waals surface area contributed by atoms with Crippen molar-refractivity contribution in [3.05, 3.63) is 0 Å². The third kappa shape index (κ3) is 7.39. The van der Waals surface area contributed by atoms with Crippen molar-refractivity contribution in [1.29, 1.82) is 0 Å². The molecule has 0 rings (SSSR count). The predicted molar refractivity (Wildman–Crippen MR) is 160 cm³/mol. The van der Waals surface area contributed by atoms with E-state index in [1.54, 1.807) is 0 Å². The first kappa shape index (κ1) is 33.7. The lowest BCUT2D eigenvalue weighted by molar-refractivity contribution is 0.0139. The van der Waals surface area contributed by atoms with E-state index in [0.717, 1.165) is 38.5 Å². The highest BCUT2D eigenvalue weighted by Gasteiger charge is 2.56. The monoisotopic (exact) mass is 534 g/mol. The number of hydrogen-bond acceptors (Lipinski definition) is 3. The molecule has 200 valence electrons. The molecule has 0 amide bonds. The SMILES string of the molecule is CCC([C@@](C)(CC)O[Si](C)(C)C(CC)(CC)O[SiH](C)C)[Si](C)(C)OC(CC)(CC)[Si](C)(C)C. The molecule has 0 fully saturated rings. The Bertz CT molecular complexity index is 579. The lowest BCUT2D eigenvalue weighted by Gasteiger charge is -2.55. The lowest BCUT2D eigenvalue weighted by atomic mass is 9.97. The summed E-state index contributed by atoms with van der Waals surface area (Å²) in [6, 6.07) is 0. The van der Waals surface area contributed by atoms with Gasteiger partial charge in [0.2, 0.25) is 8.32 Å². The molecule has 1 unspecified atom stereocenters. The fraction of sp³-hybridized carbons (Fsp3) is 1.00. The third-order valence-electron chi connectivity index (χ3n) is 8.84. The first-order valence-corrected chi connectivity index (χ1v) is 26.1. The molecule has 0 N–H and O–H groups in total. The molecule has 7 heteroatoms. The van der Waals surface area contributed by atoms with Crippen LogP contribution in [0.1, 0.15) is 87.0 Å². The Hall–Kier alpha value is 0.748. The van der Waals surface area contributed by atoms with Gasteiger partial charge < -0.3 is 13.3 Å². The van der Waals surface area contributed by atoms with Gasteiger partial charge in [-0.15, -0.1) is 0 Å². The van der Waals surface area contributed by atoms with Crippen molar-refractivity contribution in [1.82, 2.24) is 0 Å². The van der Waals surface area contributed by atoms with Crippen molar-refractivity contribution in [3.8, 4) is 0 Å². The molecule has 0 bridgehead atoms. The summed E-state index contributed by atoms with van der Waals surface area (Å²) in [5.41, 5.74) is 0.253. The topological polar surface area (TPSA) is 27.7 Å². The summed E-state index contributed by atoms with van der Waals surface area (Å²) >= 11 is 0. The molecule has 0 heterocycles. The summed E-state index contributed by atoms with van der Waals surface area (Å²) in [6.45, 7) is 38.2. The zero-order valence-corrected chi connectivity index (χ0v) is 29.8. The maximum atomic E-state index is 7.43. The van der Waals surface area contributed by atoms with E-state index in [2.05, 4.69) is 107 Å². The van der Waals surface area contributed by atoms with E-state index in [1.807, 2.05) is 0 Å². The molecular formula is C26H62O3Si4. The summed E-state index contributed by atoms with van der Waals surface area (Å²) in [4.78, 5) is 0. The standard InChI is InChI=1S/C26H62O3Si4/c1-17-23(32(13,14)29-26(21-5,22-6)31(10,11)12)24(7,18-2)28-33(15,16)25(19-3,20-4)27-30(8)9/h23,30H,17-22H2,1-16H3/t23?,24-/m1/s1. The third-order valence-corrected chi connectivity index (χ3v) is 21.4. The van der Waals surface area contributed by atoms with Crippen LogP contribution < -0.4 is 0 Å². The predicted octanol–water partition coefficient (Wildman–Crippen LogP) is 8.91. The molecule has 0 aromatic rings. The highest BCUT2D eigenvalue weighted by atomic mass is 28.4. The van der Waals surface area contributed by atoms with Gasteiger partial charge >= 0.3 is 0 Å². The molecule has 0 spiro atoms. The molecule has 33 heavy (non-hydrogen) atoms. The first-order valence-electron chi connectivity index (χ1n) is 13.9. The summed E-state index contributed by atoms with van der Waals surface area (Å²) < 4.78 is 21.7. The minimum atomic E-state index is -2.18. The van der Waals surface area contributed by atoms with Crippen LogP contribution in [0.15, 0.2) is 0 Å². The Morgan fingerprint density at radius 1 is 0.667 bits per heavy atom. The summed E-state index contributed by atoms with van der Waals surface area (Å²) in [5, 5.41) is -0.0652. The summed E-state index contributed by atoms with van der Waals surface area (Å²) in [6.07, 6.45) is 6.41. The van der Waals surface area contributed by atoms with Crippen molar-refractivity contribution in [2.24, 2.45) is 0 Å². The molecule has 0 aliphatic rings. The van der Waals surface area contributed by atoms with Crippen molar-refractivity contribution >= 4 is 33.7 Å². The highest BCUT2D eigenvalue weighted by molar-refractivity contribution is 6.81. The van der Waals surface area contributed by atoms with Crippen LogP contribution in [0.2, 0.25) is 64.5 Å². The van der Waals surface area contributed by atoms with Crippen LogP contribution >= 0.6 is 0 Å². The van der Waals surface area contributed by atoms with Crippen molar-refractivity contribution in [2.45, 2.75) is 168 Å². The van der Waals surface area contributed by atoms with Crippen LogP contribution in [0.25, 0.3) is 0 Å². The van der Waals surface area contributed by atoms with E-state index in [4.69, 9.17) is 13.3 Å². The average Bonchev–Trinajstić information content (AvgIpc) is 2.68. The molecule has 0 aromatic heterocycles. The van der Waals surface area contributed by atoms with Gasteiger partial charge in [0, 0.05) is 10.8 Å². The Balaban J connectivity index is 6.39. The second kappa shape index (κ2) is 12.3. The van der Waals surface area contributed by atoms with Gasteiger partial charge in [-0.3, -0.25) is 0 Å². The zero-order chi connectivity index (χ0) is 26.5. The fourth-order valence-corrected chi connectivity index (χ4v) is 21.6. The minimum absolute atomic E-state index is 0.0424. The molecule has 0 saturated carbocycles. The van der Waals surface area contributed by atoms with Crippen LogP contribution in [0.5, 0.6) is 0 Å². The molecule has 0 aromatic carbocycles. The Kier molecular flexibility index (Phi) is 12.6. The van der Waals surface area contributed by atoms with Crippen molar-refractivity contribution in [3.63, 3.8) is 0 Å². The van der Waals surface area contributed by atoms with E-state index in [-0.39, 0.29) is 16.0 Å². The number of rotatable bonds is 16. The Morgan fingerprint density at radius 3 is 1.36 bits per heavy atom. The molecule has 0 aliphatic carbocycles. The van der Waals surface area contributed by atoms with Gasteiger partial charge in [-0.1, -0.05) is 67.6 Å². The van der Waals surface area contributed by atoms with Crippen molar-refractivity contribution < 1.29 is 13.3 Å². The maximum absolute atomic E-state index is 7.43. The van der Waals surface area contributed by atoms with Gasteiger partial charge in [0.05, 0.1) is 18.9 Å². The van der Waals surface area contributed by atoms with E-state index in [9.17, 15) is 0 Å². The zero-order valence-electron chi connectivity index (χ0n) is 25.6. The second-order valence-electron chi connectivity index (χ2n) is 12.8. The van der Waals surface area contributed by atoms with E-state index >= 15 is 0 Å². The number of hydrogen-bond donors (Lipinski definition) is 0. The molecule has 0 radical (unpaired) electrons. The quantitative estimate of drug-likeness (QED) is 0.185.